The quantitative estimate of drug-likeness (QED) is 0.621. The number of nitrogens with two attached hydrogens (primary N) is 1. The van der Waals surface area contributed by atoms with E-state index in [4.69, 9.17) is 9.88 Å². The molecule has 2 N–H and O–H groups in total. The van der Waals surface area contributed by atoms with Crippen molar-refractivity contribution in [1.29, 1.82) is 0 Å². The molecular formula is C19H20FNO5S. The molecule has 2 rings (SSSR count). The normalized spacial score (nSPS) is 12.5. The molecule has 0 radical (unpaired) electrons. The molecule has 0 unspecified atom stereocenters. The molecule has 0 aromatic heterocycles. The second-order valence-electron chi connectivity index (χ2n) is 6.35. The van der Waals surface area contributed by atoms with Crippen LogP contribution < -0.4 is 5.14 Å². The average Bonchev–Trinajstić information content (AvgIpc) is 2.56. The van der Waals surface area contributed by atoms with E-state index in [1.807, 2.05) is 19.9 Å². The number of ketones is 1. The fourth-order valence-corrected chi connectivity index (χ4v) is 3.10. The van der Waals surface area contributed by atoms with Crippen molar-refractivity contribution in [2.45, 2.75) is 38.7 Å². The van der Waals surface area contributed by atoms with Crippen molar-refractivity contribution in [3.05, 3.63) is 64.0 Å². The van der Waals surface area contributed by atoms with Gasteiger partial charge in [0.25, 0.3) is 0 Å². The summed E-state index contributed by atoms with van der Waals surface area (Å²) in [6.45, 7) is 6.91. The summed E-state index contributed by atoms with van der Waals surface area (Å²) in [7, 11) is -4.12. The van der Waals surface area contributed by atoms with Crippen LogP contribution in [0.3, 0.4) is 0 Å². The average molecular weight is 393 g/mol. The van der Waals surface area contributed by atoms with Gasteiger partial charge in [0, 0.05) is 5.56 Å². The molecule has 0 aliphatic rings. The lowest BCUT2D eigenvalue weighted by atomic mass is 9.96. The summed E-state index contributed by atoms with van der Waals surface area (Å²) in [5.41, 5.74) is 2.45. The number of hydrogen-bond acceptors (Lipinski definition) is 5. The molecule has 144 valence electrons. The molecule has 0 saturated carbocycles. The number of aryl methyl sites for hydroxylation is 3. The van der Waals surface area contributed by atoms with E-state index in [9.17, 15) is 22.4 Å². The minimum Gasteiger partial charge on any atom is -0.451 e. The summed E-state index contributed by atoms with van der Waals surface area (Å²) < 4.78 is 41.7. The van der Waals surface area contributed by atoms with E-state index < -0.39 is 44.2 Å². The number of hydrogen-bond donors (Lipinski definition) is 1. The third kappa shape index (κ3) is 4.58. The second kappa shape index (κ2) is 7.58. The summed E-state index contributed by atoms with van der Waals surface area (Å²) in [6.07, 6.45) is -1.18. The Balaban J connectivity index is 2.28. The van der Waals surface area contributed by atoms with Crippen LogP contribution >= 0.6 is 0 Å². The first-order valence-corrected chi connectivity index (χ1v) is 9.62. The number of esters is 1. The lowest BCUT2D eigenvalue weighted by Gasteiger charge is -2.15. The van der Waals surface area contributed by atoms with E-state index in [0.717, 1.165) is 34.9 Å². The minimum absolute atomic E-state index is 0.400. The highest BCUT2D eigenvalue weighted by atomic mass is 32.2. The molecule has 2 aromatic carbocycles. The molecule has 27 heavy (non-hydrogen) atoms. The van der Waals surface area contributed by atoms with Gasteiger partial charge >= 0.3 is 5.97 Å². The number of benzene rings is 2. The summed E-state index contributed by atoms with van der Waals surface area (Å²) >= 11 is 0. The van der Waals surface area contributed by atoms with Crippen LogP contribution in [-0.2, 0) is 14.8 Å². The number of halogens is 1. The maximum Gasteiger partial charge on any atom is 0.341 e. The van der Waals surface area contributed by atoms with Crippen LogP contribution in [0, 0.1) is 26.6 Å². The Hall–Kier alpha value is -2.58. The summed E-state index contributed by atoms with van der Waals surface area (Å²) in [4.78, 5) is 24.4. The molecule has 0 bridgehead atoms. The summed E-state index contributed by atoms with van der Waals surface area (Å²) in [6, 6.07) is 6.09. The van der Waals surface area contributed by atoms with Crippen molar-refractivity contribution >= 4 is 21.8 Å². The standard InChI is InChI=1S/C19H20FNO5S/c1-10-7-12(3)15(8-11(10)2)18(22)13(4)26-19(23)16-9-14(27(21,24)25)5-6-17(16)20/h5-9,13H,1-4H3,(H2,21,24,25)/t13-/m1/s1. The van der Waals surface area contributed by atoms with Gasteiger partial charge in [-0.2, -0.15) is 0 Å². The molecule has 0 aliphatic carbocycles. The summed E-state index contributed by atoms with van der Waals surface area (Å²) in [5, 5.41) is 4.99. The van der Waals surface area contributed by atoms with Crippen molar-refractivity contribution in [1.82, 2.24) is 0 Å². The molecule has 0 saturated heterocycles. The van der Waals surface area contributed by atoms with Gasteiger partial charge in [-0.15, -0.1) is 0 Å². The zero-order valence-electron chi connectivity index (χ0n) is 15.4. The van der Waals surface area contributed by atoms with Crippen LogP contribution in [0.5, 0.6) is 0 Å². The van der Waals surface area contributed by atoms with Crippen molar-refractivity contribution in [2.75, 3.05) is 0 Å². The Bertz CT molecular complexity index is 1030. The molecule has 6 nitrogen and oxygen atoms in total. The number of carbonyl (C=O) groups excluding carboxylic acids is 2. The number of rotatable bonds is 5. The molecule has 0 spiro atoms. The van der Waals surface area contributed by atoms with E-state index in [0.29, 0.717) is 5.56 Å². The van der Waals surface area contributed by atoms with Crippen LogP contribution in [-0.4, -0.2) is 26.3 Å². The van der Waals surface area contributed by atoms with Gasteiger partial charge < -0.3 is 4.74 Å². The van der Waals surface area contributed by atoms with Gasteiger partial charge in [0.1, 0.15) is 5.82 Å². The first kappa shape index (κ1) is 20.7. The zero-order chi connectivity index (χ0) is 20.5. The fourth-order valence-electron chi connectivity index (χ4n) is 2.56. The van der Waals surface area contributed by atoms with Gasteiger partial charge in [0.05, 0.1) is 10.5 Å². The third-order valence-electron chi connectivity index (χ3n) is 4.25. The second-order valence-corrected chi connectivity index (χ2v) is 7.91. The lowest BCUT2D eigenvalue weighted by Crippen LogP contribution is -2.26. The smallest absolute Gasteiger partial charge is 0.341 e. The van der Waals surface area contributed by atoms with E-state index in [1.54, 1.807) is 13.0 Å². The third-order valence-corrected chi connectivity index (χ3v) is 5.16. The van der Waals surface area contributed by atoms with Gasteiger partial charge in [-0.25, -0.2) is 22.7 Å². The van der Waals surface area contributed by atoms with Crippen molar-refractivity contribution < 1.29 is 27.1 Å². The topological polar surface area (TPSA) is 104 Å². The fraction of sp³-hybridized carbons (Fsp3) is 0.263. The Morgan fingerprint density at radius 2 is 1.59 bits per heavy atom. The van der Waals surface area contributed by atoms with Crippen LogP contribution in [0.4, 0.5) is 4.39 Å². The Labute approximate surface area is 157 Å². The molecule has 0 aliphatic heterocycles. The van der Waals surface area contributed by atoms with Gasteiger partial charge in [0.2, 0.25) is 15.8 Å². The zero-order valence-corrected chi connectivity index (χ0v) is 16.2. The maximum atomic E-state index is 13.9. The molecule has 8 heteroatoms. The molecule has 0 fully saturated rings. The molecule has 0 heterocycles. The lowest BCUT2D eigenvalue weighted by molar-refractivity contribution is 0.0313. The molecule has 2 aromatic rings. The highest BCUT2D eigenvalue weighted by Gasteiger charge is 2.25. The van der Waals surface area contributed by atoms with Gasteiger partial charge in [-0.05, 0) is 68.7 Å². The highest BCUT2D eigenvalue weighted by molar-refractivity contribution is 7.89. The van der Waals surface area contributed by atoms with Gasteiger partial charge in [-0.3, -0.25) is 4.79 Å². The monoisotopic (exact) mass is 393 g/mol. The van der Waals surface area contributed by atoms with Gasteiger partial charge in [-0.1, -0.05) is 6.07 Å². The van der Waals surface area contributed by atoms with Crippen molar-refractivity contribution in [2.24, 2.45) is 5.14 Å². The van der Waals surface area contributed by atoms with E-state index >= 15 is 0 Å². The molecular weight excluding hydrogens is 373 g/mol. The summed E-state index contributed by atoms with van der Waals surface area (Å²) in [5.74, 6) is -2.57. The highest BCUT2D eigenvalue weighted by Crippen LogP contribution is 2.20. The predicted octanol–water partition coefficient (Wildman–Crippen LogP) is 2.83. The van der Waals surface area contributed by atoms with E-state index in [-0.39, 0.29) is 0 Å². The Morgan fingerprint density at radius 1 is 1.00 bits per heavy atom. The Kier molecular flexibility index (Phi) is 5.82. The maximum absolute atomic E-state index is 13.9. The van der Waals surface area contributed by atoms with Crippen LogP contribution in [0.25, 0.3) is 0 Å². The number of primary sulfonamides is 1. The van der Waals surface area contributed by atoms with Crippen molar-refractivity contribution in [3.8, 4) is 0 Å². The predicted molar refractivity (Wildman–Crippen MR) is 97.6 cm³/mol. The first-order chi connectivity index (χ1) is 12.4. The largest absolute Gasteiger partial charge is 0.451 e. The SMILES string of the molecule is Cc1cc(C)c(C(=O)[C@@H](C)OC(=O)c2cc(S(N)(=O)=O)ccc2F)cc1C. The van der Waals surface area contributed by atoms with Gasteiger partial charge in [0.15, 0.2) is 6.10 Å². The van der Waals surface area contributed by atoms with Crippen LogP contribution in [0.2, 0.25) is 0 Å². The van der Waals surface area contributed by atoms with E-state index in [2.05, 4.69) is 0 Å². The number of ether oxygens (including phenoxy) is 1. The van der Waals surface area contributed by atoms with E-state index in [1.165, 1.54) is 6.92 Å². The number of sulfonamides is 1. The minimum atomic E-state index is -4.12. The first-order valence-electron chi connectivity index (χ1n) is 8.07. The van der Waals surface area contributed by atoms with Crippen molar-refractivity contribution in [3.63, 3.8) is 0 Å². The molecule has 0 amide bonds. The van der Waals surface area contributed by atoms with Crippen LogP contribution in [0.1, 0.15) is 44.3 Å². The Morgan fingerprint density at radius 3 is 2.19 bits per heavy atom. The number of carbonyl (C=O) groups is 2. The van der Waals surface area contributed by atoms with Crippen LogP contribution in [0.15, 0.2) is 35.2 Å². The number of Topliss-reactive ketones (excluding diaryl/α,β-unsaturated/α-hetero) is 1. The molecule has 1 atom stereocenters.